The first-order valence-corrected chi connectivity index (χ1v) is 5.98. The summed E-state index contributed by atoms with van der Waals surface area (Å²) >= 11 is 1.64. The average molecular weight is 227 g/mol. The molecule has 0 radical (unpaired) electrons. The van der Waals surface area contributed by atoms with Crippen molar-refractivity contribution in [3.8, 4) is 0 Å². The molecule has 2 atom stereocenters. The maximum Gasteiger partial charge on any atom is 0.249 e. The van der Waals surface area contributed by atoms with E-state index in [9.17, 15) is 4.79 Å². The van der Waals surface area contributed by atoms with Crippen LogP contribution in [0, 0.1) is 0 Å². The van der Waals surface area contributed by atoms with Crippen molar-refractivity contribution in [3.05, 3.63) is 22.4 Å². The van der Waals surface area contributed by atoms with Crippen LogP contribution in [0.25, 0.3) is 0 Å². The van der Waals surface area contributed by atoms with Crippen molar-refractivity contribution < 1.29 is 9.53 Å². The Hall–Kier alpha value is -0.870. The van der Waals surface area contributed by atoms with Gasteiger partial charge in [0.2, 0.25) is 5.91 Å². The standard InChI is InChI=1S/C11H17NO2S/c1-4-14-9(3)11(13)12-8(2)10-6-5-7-15-10/h5-9H,4H2,1-3H3,(H,12,13)/t8-,9+/m1/s1. The van der Waals surface area contributed by atoms with Crippen molar-refractivity contribution in [3.63, 3.8) is 0 Å². The topological polar surface area (TPSA) is 38.3 Å². The van der Waals surface area contributed by atoms with Gasteiger partial charge in [-0.25, -0.2) is 0 Å². The monoisotopic (exact) mass is 227 g/mol. The Morgan fingerprint density at radius 3 is 2.87 bits per heavy atom. The summed E-state index contributed by atoms with van der Waals surface area (Å²) in [5.41, 5.74) is 0. The maximum atomic E-state index is 11.6. The van der Waals surface area contributed by atoms with Gasteiger partial charge in [-0.3, -0.25) is 4.79 Å². The molecule has 84 valence electrons. The molecule has 0 bridgehead atoms. The number of carbonyl (C=O) groups is 1. The molecule has 1 heterocycles. The maximum absolute atomic E-state index is 11.6. The predicted molar refractivity (Wildman–Crippen MR) is 62.0 cm³/mol. The zero-order chi connectivity index (χ0) is 11.3. The summed E-state index contributed by atoms with van der Waals surface area (Å²) in [4.78, 5) is 12.8. The van der Waals surface area contributed by atoms with Crippen LogP contribution in [0.2, 0.25) is 0 Å². The van der Waals surface area contributed by atoms with E-state index in [-0.39, 0.29) is 18.1 Å². The summed E-state index contributed by atoms with van der Waals surface area (Å²) in [5, 5.41) is 4.92. The molecule has 4 heteroatoms. The minimum absolute atomic E-state index is 0.0559. The lowest BCUT2D eigenvalue weighted by Crippen LogP contribution is -2.35. The van der Waals surface area contributed by atoms with Crippen molar-refractivity contribution in [2.45, 2.75) is 32.9 Å². The smallest absolute Gasteiger partial charge is 0.249 e. The van der Waals surface area contributed by atoms with E-state index in [4.69, 9.17) is 4.74 Å². The fraction of sp³-hybridized carbons (Fsp3) is 0.545. The van der Waals surface area contributed by atoms with Crippen LogP contribution >= 0.6 is 11.3 Å². The minimum Gasteiger partial charge on any atom is -0.369 e. The largest absolute Gasteiger partial charge is 0.369 e. The second-order valence-corrected chi connectivity index (χ2v) is 4.32. The van der Waals surface area contributed by atoms with Gasteiger partial charge >= 0.3 is 0 Å². The number of thiophene rings is 1. The quantitative estimate of drug-likeness (QED) is 0.838. The van der Waals surface area contributed by atoms with E-state index in [0.717, 1.165) is 4.88 Å². The van der Waals surface area contributed by atoms with Gasteiger partial charge in [0, 0.05) is 11.5 Å². The first-order valence-electron chi connectivity index (χ1n) is 5.10. The Labute approximate surface area is 94.5 Å². The molecule has 0 saturated carbocycles. The molecule has 15 heavy (non-hydrogen) atoms. The molecule has 1 aromatic rings. The molecule has 1 aromatic heterocycles. The molecule has 0 aliphatic heterocycles. The zero-order valence-corrected chi connectivity index (χ0v) is 10.1. The van der Waals surface area contributed by atoms with Crippen molar-refractivity contribution in [2.24, 2.45) is 0 Å². The highest BCUT2D eigenvalue weighted by Gasteiger charge is 2.16. The Morgan fingerprint density at radius 1 is 1.60 bits per heavy atom. The van der Waals surface area contributed by atoms with Gasteiger partial charge in [-0.2, -0.15) is 0 Å². The summed E-state index contributed by atoms with van der Waals surface area (Å²) < 4.78 is 5.21. The van der Waals surface area contributed by atoms with Crippen LogP contribution in [0.1, 0.15) is 31.7 Å². The van der Waals surface area contributed by atoms with E-state index < -0.39 is 0 Å². The number of carbonyl (C=O) groups excluding carboxylic acids is 1. The normalized spacial score (nSPS) is 14.6. The summed E-state index contributed by atoms with van der Waals surface area (Å²) in [7, 11) is 0. The third-order valence-corrected chi connectivity index (χ3v) is 3.17. The lowest BCUT2D eigenvalue weighted by Gasteiger charge is -2.16. The highest BCUT2D eigenvalue weighted by atomic mass is 32.1. The lowest BCUT2D eigenvalue weighted by molar-refractivity contribution is -0.132. The average Bonchev–Trinajstić information content (AvgIpc) is 2.70. The second kappa shape index (κ2) is 5.88. The van der Waals surface area contributed by atoms with Crippen LogP contribution in [-0.2, 0) is 9.53 Å². The molecule has 0 saturated heterocycles. The van der Waals surface area contributed by atoms with Crippen molar-refractivity contribution in [2.75, 3.05) is 6.61 Å². The Bertz CT molecular complexity index is 298. The van der Waals surface area contributed by atoms with E-state index in [2.05, 4.69) is 5.32 Å². The van der Waals surface area contributed by atoms with Crippen LogP contribution < -0.4 is 5.32 Å². The minimum atomic E-state index is -0.377. The van der Waals surface area contributed by atoms with E-state index in [1.807, 2.05) is 31.4 Å². The second-order valence-electron chi connectivity index (χ2n) is 3.34. The highest BCUT2D eigenvalue weighted by molar-refractivity contribution is 7.10. The molecule has 1 N–H and O–H groups in total. The summed E-state index contributed by atoms with van der Waals surface area (Å²) in [6.45, 7) is 6.18. The number of rotatable bonds is 5. The van der Waals surface area contributed by atoms with Gasteiger partial charge in [0.05, 0.1) is 6.04 Å². The molecular formula is C11H17NO2S. The SMILES string of the molecule is CCO[C@@H](C)C(=O)N[C@H](C)c1cccs1. The predicted octanol–water partition coefficient (Wildman–Crippen LogP) is 2.35. The molecule has 0 aliphatic rings. The molecule has 3 nitrogen and oxygen atoms in total. The zero-order valence-electron chi connectivity index (χ0n) is 9.32. The third-order valence-electron chi connectivity index (χ3n) is 2.11. The van der Waals surface area contributed by atoms with Crippen LogP contribution in [-0.4, -0.2) is 18.6 Å². The first-order chi connectivity index (χ1) is 7.15. The number of amides is 1. The molecular weight excluding hydrogens is 210 g/mol. The lowest BCUT2D eigenvalue weighted by atomic mass is 10.2. The van der Waals surface area contributed by atoms with Gasteiger partial charge in [0.25, 0.3) is 0 Å². The molecule has 0 unspecified atom stereocenters. The van der Waals surface area contributed by atoms with Gasteiger partial charge in [-0.15, -0.1) is 11.3 Å². The van der Waals surface area contributed by atoms with Crippen LogP contribution in [0.5, 0.6) is 0 Å². The summed E-state index contributed by atoms with van der Waals surface area (Å²) in [6, 6.07) is 4.05. The van der Waals surface area contributed by atoms with Crippen LogP contribution in [0.15, 0.2) is 17.5 Å². The Morgan fingerprint density at radius 2 is 2.33 bits per heavy atom. The van der Waals surface area contributed by atoms with E-state index >= 15 is 0 Å². The van der Waals surface area contributed by atoms with Crippen LogP contribution in [0.4, 0.5) is 0 Å². The highest BCUT2D eigenvalue weighted by Crippen LogP contribution is 2.18. The molecule has 0 spiro atoms. The molecule has 1 amide bonds. The number of hydrogen-bond acceptors (Lipinski definition) is 3. The number of nitrogens with one attached hydrogen (secondary N) is 1. The van der Waals surface area contributed by atoms with Gasteiger partial charge in [-0.05, 0) is 32.2 Å². The number of hydrogen-bond donors (Lipinski definition) is 1. The molecule has 0 aromatic carbocycles. The van der Waals surface area contributed by atoms with E-state index in [0.29, 0.717) is 6.61 Å². The molecule has 0 fully saturated rings. The van der Waals surface area contributed by atoms with Crippen molar-refractivity contribution in [1.82, 2.24) is 5.32 Å². The first kappa shape index (κ1) is 12.2. The van der Waals surface area contributed by atoms with Gasteiger partial charge in [0.15, 0.2) is 0 Å². The van der Waals surface area contributed by atoms with Crippen molar-refractivity contribution >= 4 is 17.2 Å². The Kier molecular flexibility index (Phi) is 4.78. The summed E-state index contributed by atoms with van der Waals surface area (Å²) in [5.74, 6) is -0.0576. The van der Waals surface area contributed by atoms with Crippen LogP contribution in [0.3, 0.4) is 0 Å². The molecule has 1 rings (SSSR count). The van der Waals surface area contributed by atoms with E-state index in [1.54, 1.807) is 18.3 Å². The summed E-state index contributed by atoms with van der Waals surface area (Å²) in [6.07, 6.45) is -0.377. The Balaban J connectivity index is 2.44. The third kappa shape index (κ3) is 3.64. The van der Waals surface area contributed by atoms with Gasteiger partial charge in [-0.1, -0.05) is 6.07 Å². The van der Waals surface area contributed by atoms with Gasteiger partial charge < -0.3 is 10.1 Å². The van der Waals surface area contributed by atoms with Crippen molar-refractivity contribution in [1.29, 1.82) is 0 Å². The number of ether oxygens (including phenoxy) is 1. The molecule has 0 aliphatic carbocycles. The van der Waals surface area contributed by atoms with Gasteiger partial charge in [0.1, 0.15) is 6.10 Å². The van der Waals surface area contributed by atoms with E-state index in [1.165, 1.54) is 0 Å². The fourth-order valence-corrected chi connectivity index (χ4v) is 2.00. The fourth-order valence-electron chi connectivity index (χ4n) is 1.27.